The van der Waals surface area contributed by atoms with Crippen molar-refractivity contribution >= 4 is 11.5 Å². The second-order valence-corrected chi connectivity index (χ2v) is 3.54. The van der Waals surface area contributed by atoms with Crippen LogP contribution in [0.1, 0.15) is 25.0 Å². The van der Waals surface area contributed by atoms with Crippen LogP contribution in [0.4, 0.5) is 4.39 Å². The van der Waals surface area contributed by atoms with Crippen molar-refractivity contribution in [2.45, 2.75) is 20.8 Å². The summed E-state index contributed by atoms with van der Waals surface area (Å²) in [6.07, 6.45) is 1.42. The third kappa shape index (κ3) is 3.19. The molecule has 1 rings (SSSR count). The Morgan fingerprint density at radius 2 is 2.19 bits per heavy atom. The van der Waals surface area contributed by atoms with E-state index in [0.29, 0.717) is 6.61 Å². The molecule has 0 heterocycles. The van der Waals surface area contributed by atoms with Crippen LogP contribution >= 0.6 is 0 Å². The zero-order valence-corrected chi connectivity index (χ0v) is 9.71. The van der Waals surface area contributed by atoms with E-state index in [4.69, 9.17) is 4.74 Å². The highest BCUT2D eigenvalue weighted by Crippen LogP contribution is 2.19. The SMILES string of the molecule is CCOC(=O)/C=C(/C)c1ccc(F)cc1C. The van der Waals surface area contributed by atoms with E-state index in [9.17, 15) is 9.18 Å². The van der Waals surface area contributed by atoms with Gasteiger partial charge in [-0.25, -0.2) is 9.18 Å². The number of hydrogen-bond acceptors (Lipinski definition) is 2. The number of halogens is 1. The van der Waals surface area contributed by atoms with Crippen LogP contribution in [0.2, 0.25) is 0 Å². The minimum atomic E-state index is -0.372. The van der Waals surface area contributed by atoms with Crippen molar-refractivity contribution in [3.63, 3.8) is 0 Å². The number of hydrogen-bond donors (Lipinski definition) is 0. The molecule has 0 aliphatic rings. The monoisotopic (exact) mass is 222 g/mol. The Bertz CT molecular complexity index is 422. The zero-order valence-electron chi connectivity index (χ0n) is 9.71. The summed E-state index contributed by atoms with van der Waals surface area (Å²) in [5, 5.41) is 0. The number of carbonyl (C=O) groups is 1. The number of allylic oxidation sites excluding steroid dienone is 1. The summed E-state index contributed by atoms with van der Waals surface area (Å²) in [6, 6.07) is 4.48. The lowest BCUT2D eigenvalue weighted by Crippen LogP contribution is -2.00. The van der Waals surface area contributed by atoms with Crippen LogP contribution in [0, 0.1) is 12.7 Å². The summed E-state index contributed by atoms with van der Waals surface area (Å²) >= 11 is 0. The largest absolute Gasteiger partial charge is 0.463 e. The Hall–Kier alpha value is -1.64. The molecule has 0 unspecified atom stereocenters. The second kappa shape index (κ2) is 5.45. The lowest BCUT2D eigenvalue weighted by Gasteiger charge is -2.06. The quantitative estimate of drug-likeness (QED) is 0.580. The highest BCUT2D eigenvalue weighted by molar-refractivity contribution is 5.91. The fourth-order valence-electron chi connectivity index (χ4n) is 1.51. The van der Waals surface area contributed by atoms with Crippen LogP contribution in [-0.2, 0) is 9.53 Å². The van der Waals surface area contributed by atoms with Gasteiger partial charge in [-0.05, 0) is 49.6 Å². The lowest BCUT2D eigenvalue weighted by atomic mass is 10.0. The number of esters is 1. The molecule has 1 aromatic carbocycles. The van der Waals surface area contributed by atoms with Gasteiger partial charge in [0.25, 0.3) is 0 Å². The number of rotatable bonds is 3. The van der Waals surface area contributed by atoms with Crippen molar-refractivity contribution in [3.8, 4) is 0 Å². The Morgan fingerprint density at radius 1 is 1.50 bits per heavy atom. The summed E-state index contributed by atoms with van der Waals surface area (Å²) in [4.78, 5) is 11.2. The molecule has 0 radical (unpaired) electrons. The number of carbonyl (C=O) groups excluding carboxylic acids is 1. The number of benzene rings is 1. The maximum atomic E-state index is 12.9. The molecule has 0 atom stereocenters. The van der Waals surface area contributed by atoms with Crippen molar-refractivity contribution in [3.05, 3.63) is 41.2 Å². The molecule has 86 valence electrons. The van der Waals surface area contributed by atoms with E-state index in [1.165, 1.54) is 18.2 Å². The molecule has 2 nitrogen and oxygen atoms in total. The average Bonchev–Trinajstić information content (AvgIpc) is 2.17. The molecular formula is C13H15FO2. The van der Waals surface area contributed by atoms with Gasteiger partial charge in [-0.2, -0.15) is 0 Å². The van der Waals surface area contributed by atoms with Crippen LogP contribution in [0.3, 0.4) is 0 Å². The van der Waals surface area contributed by atoms with E-state index in [1.54, 1.807) is 26.8 Å². The van der Waals surface area contributed by atoms with Gasteiger partial charge >= 0.3 is 5.97 Å². The topological polar surface area (TPSA) is 26.3 Å². The fraction of sp³-hybridized carbons (Fsp3) is 0.308. The maximum Gasteiger partial charge on any atom is 0.331 e. The van der Waals surface area contributed by atoms with Crippen LogP contribution in [-0.4, -0.2) is 12.6 Å². The molecule has 0 saturated carbocycles. The van der Waals surface area contributed by atoms with Crippen molar-refractivity contribution in [2.24, 2.45) is 0 Å². The Balaban J connectivity index is 2.96. The maximum absolute atomic E-state index is 12.9. The van der Waals surface area contributed by atoms with Gasteiger partial charge < -0.3 is 4.74 Å². The molecular weight excluding hydrogens is 207 g/mol. The normalized spacial score (nSPS) is 11.4. The smallest absolute Gasteiger partial charge is 0.331 e. The predicted molar refractivity (Wildman–Crippen MR) is 61.4 cm³/mol. The Morgan fingerprint density at radius 3 is 2.75 bits per heavy atom. The van der Waals surface area contributed by atoms with E-state index < -0.39 is 0 Å². The van der Waals surface area contributed by atoms with Crippen LogP contribution in [0.25, 0.3) is 5.57 Å². The molecule has 0 fully saturated rings. The molecule has 0 bridgehead atoms. The average molecular weight is 222 g/mol. The second-order valence-electron chi connectivity index (χ2n) is 3.54. The summed E-state index contributed by atoms with van der Waals surface area (Å²) in [7, 11) is 0. The molecule has 0 amide bonds. The summed E-state index contributed by atoms with van der Waals surface area (Å²) < 4.78 is 17.7. The minimum absolute atomic E-state index is 0.273. The van der Waals surface area contributed by atoms with Gasteiger partial charge in [-0.15, -0.1) is 0 Å². The molecule has 0 aromatic heterocycles. The van der Waals surface area contributed by atoms with Gasteiger partial charge in [0.2, 0.25) is 0 Å². The van der Waals surface area contributed by atoms with Gasteiger partial charge in [0.1, 0.15) is 5.82 Å². The van der Waals surface area contributed by atoms with Crippen molar-refractivity contribution in [1.29, 1.82) is 0 Å². The van der Waals surface area contributed by atoms with Crippen molar-refractivity contribution in [2.75, 3.05) is 6.61 Å². The van der Waals surface area contributed by atoms with Gasteiger partial charge in [0, 0.05) is 6.08 Å². The molecule has 16 heavy (non-hydrogen) atoms. The Labute approximate surface area is 94.7 Å². The lowest BCUT2D eigenvalue weighted by molar-refractivity contribution is -0.137. The third-order valence-corrected chi connectivity index (χ3v) is 2.23. The van der Waals surface area contributed by atoms with Gasteiger partial charge in [-0.3, -0.25) is 0 Å². The first-order chi connectivity index (χ1) is 7.54. The van der Waals surface area contributed by atoms with E-state index in [2.05, 4.69) is 0 Å². The summed E-state index contributed by atoms with van der Waals surface area (Å²) in [5.74, 6) is -0.645. The first-order valence-electron chi connectivity index (χ1n) is 5.16. The van der Waals surface area contributed by atoms with Gasteiger partial charge in [0.05, 0.1) is 6.61 Å². The van der Waals surface area contributed by atoms with E-state index >= 15 is 0 Å². The fourth-order valence-corrected chi connectivity index (χ4v) is 1.51. The number of ether oxygens (including phenoxy) is 1. The summed E-state index contributed by atoms with van der Waals surface area (Å²) in [6.45, 7) is 5.72. The van der Waals surface area contributed by atoms with Gasteiger partial charge in [0.15, 0.2) is 0 Å². The molecule has 0 aliphatic carbocycles. The molecule has 0 N–H and O–H groups in total. The van der Waals surface area contributed by atoms with E-state index in [1.807, 2.05) is 0 Å². The highest BCUT2D eigenvalue weighted by atomic mass is 19.1. The third-order valence-electron chi connectivity index (χ3n) is 2.23. The van der Waals surface area contributed by atoms with Crippen LogP contribution < -0.4 is 0 Å². The zero-order chi connectivity index (χ0) is 12.1. The van der Waals surface area contributed by atoms with E-state index in [-0.39, 0.29) is 11.8 Å². The molecule has 3 heteroatoms. The molecule has 0 aliphatic heterocycles. The summed E-state index contributed by atoms with van der Waals surface area (Å²) in [5.41, 5.74) is 2.43. The van der Waals surface area contributed by atoms with Crippen LogP contribution in [0.15, 0.2) is 24.3 Å². The number of aryl methyl sites for hydroxylation is 1. The first kappa shape index (κ1) is 12.4. The molecule has 0 saturated heterocycles. The molecule has 0 spiro atoms. The first-order valence-corrected chi connectivity index (χ1v) is 5.16. The standard InChI is InChI=1S/C13H15FO2/c1-4-16-13(15)8-10(3)12-6-5-11(14)7-9(12)2/h5-8H,4H2,1-3H3/b10-8-. The predicted octanol–water partition coefficient (Wildman–Crippen LogP) is 3.10. The molecule has 1 aromatic rings. The Kier molecular flexibility index (Phi) is 4.23. The van der Waals surface area contributed by atoms with Gasteiger partial charge in [-0.1, -0.05) is 6.07 Å². The van der Waals surface area contributed by atoms with Crippen molar-refractivity contribution < 1.29 is 13.9 Å². The van der Waals surface area contributed by atoms with Crippen molar-refractivity contribution in [1.82, 2.24) is 0 Å². The van der Waals surface area contributed by atoms with Crippen LogP contribution in [0.5, 0.6) is 0 Å². The minimum Gasteiger partial charge on any atom is -0.463 e. The van der Waals surface area contributed by atoms with E-state index in [0.717, 1.165) is 16.7 Å². The highest BCUT2D eigenvalue weighted by Gasteiger charge is 2.04.